The maximum atomic E-state index is 12.8. The molecule has 4 rings (SSSR count). The summed E-state index contributed by atoms with van der Waals surface area (Å²) in [5, 5.41) is 12.4. The number of hydrogen-bond acceptors (Lipinski definition) is 6. The summed E-state index contributed by atoms with van der Waals surface area (Å²) in [5.74, 6) is -1.23. The van der Waals surface area contributed by atoms with E-state index >= 15 is 0 Å². The number of thiazole rings is 1. The minimum absolute atomic E-state index is 0.189. The van der Waals surface area contributed by atoms with Gasteiger partial charge in [-0.15, -0.1) is 11.3 Å². The molecule has 0 aliphatic carbocycles. The lowest BCUT2D eigenvalue weighted by molar-refractivity contribution is -0.145. The SMILES string of the molecule is CCOC(=O)C(c1ccccc1)n1c(O)c(C2=c3cccc(C)c3=NC2=O)sc1=S. The summed E-state index contributed by atoms with van der Waals surface area (Å²) < 4.78 is 6.85. The van der Waals surface area contributed by atoms with Crippen molar-refractivity contribution in [1.82, 2.24) is 4.57 Å². The Morgan fingerprint density at radius 3 is 2.67 bits per heavy atom. The summed E-state index contributed by atoms with van der Waals surface area (Å²) in [6.07, 6.45) is 0. The van der Waals surface area contributed by atoms with E-state index in [1.165, 1.54) is 4.57 Å². The fraction of sp³-hybridized carbons (Fsp3) is 0.182. The molecule has 1 amide bonds. The molecule has 30 heavy (non-hydrogen) atoms. The highest BCUT2D eigenvalue weighted by Crippen LogP contribution is 2.37. The Morgan fingerprint density at radius 2 is 1.97 bits per heavy atom. The zero-order valence-corrected chi connectivity index (χ0v) is 17.9. The van der Waals surface area contributed by atoms with Crippen LogP contribution in [0, 0.1) is 10.9 Å². The van der Waals surface area contributed by atoms with E-state index in [1.54, 1.807) is 37.3 Å². The Bertz CT molecular complexity index is 1340. The molecule has 1 N–H and O–H groups in total. The van der Waals surface area contributed by atoms with Crippen molar-refractivity contribution < 1.29 is 19.4 Å². The number of aryl methyl sites for hydroxylation is 1. The zero-order chi connectivity index (χ0) is 21.4. The molecule has 0 saturated carbocycles. The molecule has 6 nitrogen and oxygen atoms in total. The van der Waals surface area contributed by atoms with Crippen molar-refractivity contribution in [3.8, 4) is 5.88 Å². The van der Waals surface area contributed by atoms with Crippen molar-refractivity contribution in [3.63, 3.8) is 0 Å². The van der Waals surface area contributed by atoms with Crippen LogP contribution in [-0.4, -0.2) is 28.2 Å². The van der Waals surface area contributed by atoms with Gasteiger partial charge in [-0.1, -0.05) is 48.5 Å². The number of ether oxygens (including phenoxy) is 1. The van der Waals surface area contributed by atoms with Crippen LogP contribution >= 0.6 is 23.6 Å². The number of amides is 1. The summed E-state index contributed by atoms with van der Waals surface area (Å²) in [5.41, 5.74) is 1.78. The zero-order valence-electron chi connectivity index (χ0n) is 16.3. The Hall–Kier alpha value is -3.10. The average molecular weight is 439 g/mol. The van der Waals surface area contributed by atoms with Crippen molar-refractivity contribution in [1.29, 1.82) is 0 Å². The normalized spacial score (nSPS) is 13.7. The van der Waals surface area contributed by atoms with Crippen LogP contribution < -0.4 is 10.6 Å². The van der Waals surface area contributed by atoms with Gasteiger partial charge in [0.15, 0.2) is 10.00 Å². The Morgan fingerprint density at radius 1 is 1.23 bits per heavy atom. The monoisotopic (exact) mass is 438 g/mol. The fourth-order valence-corrected chi connectivity index (χ4v) is 4.91. The molecule has 2 heterocycles. The molecule has 3 aromatic rings. The Kier molecular flexibility index (Phi) is 5.36. The number of rotatable bonds is 5. The molecule has 1 aliphatic rings. The van der Waals surface area contributed by atoms with Crippen molar-refractivity contribution >= 4 is 41.0 Å². The lowest BCUT2D eigenvalue weighted by atomic mass is 10.1. The number of carbonyl (C=O) groups is 2. The van der Waals surface area contributed by atoms with Gasteiger partial charge in [0, 0.05) is 5.22 Å². The molecule has 0 spiro atoms. The number of esters is 1. The van der Waals surface area contributed by atoms with E-state index in [1.807, 2.05) is 25.1 Å². The second kappa shape index (κ2) is 7.97. The van der Waals surface area contributed by atoms with Crippen molar-refractivity contribution in [3.05, 3.63) is 79.1 Å². The standard InChI is InChI=1S/C22H18N2O4S2/c1-3-28-21(27)17(13-9-5-4-6-10-13)24-20(26)18(30-22(24)29)15-14-11-7-8-12(2)16(14)23-19(15)25/h4-11,17,26H,3H2,1-2H3. The highest BCUT2D eigenvalue weighted by atomic mass is 32.1. The summed E-state index contributed by atoms with van der Waals surface area (Å²) in [7, 11) is 0. The van der Waals surface area contributed by atoms with Crippen molar-refractivity contribution in [2.24, 2.45) is 4.99 Å². The van der Waals surface area contributed by atoms with Gasteiger partial charge in [-0.2, -0.15) is 0 Å². The van der Waals surface area contributed by atoms with Crippen LogP contribution in [0.3, 0.4) is 0 Å². The third-order valence-electron chi connectivity index (χ3n) is 4.86. The second-order valence-electron chi connectivity index (χ2n) is 6.72. The highest BCUT2D eigenvalue weighted by Gasteiger charge is 2.32. The molecule has 152 valence electrons. The molecule has 0 saturated heterocycles. The molecular weight excluding hydrogens is 420 g/mol. The van der Waals surface area contributed by atoms with Gasteiger partial charge in [-0.25, -0.2) is 9.79 Å². The summed E-state index contributed by atoms with van der Waals surface area (Å²) in [4.78, 5) is 29.9. The molecule has 1 aliphatic heterocycles. The number of aromatic hydroxyl groups is 1. The molecule has 0 fully saturated rings. The lowest BCUT2D eigenvalue weighted by Crippen LogP contribution is -2.25. The number of aromatic nitrogens is 1. The van der Waals surface area contributed by atoms with E-state index in [0.717, 1.165) is 16.9 Å². The van der Waals surface area contributed by atoms with E-state index in [9.17, 15) is 14.7 Å². The van der Waals surface area contributed by atoms with Crippen LogP contribution in [0.1, 0.15) is 29.0 Å². The largest absolute Gasteiger partial charge is 0.493 e. The van der Waals surface area contributed by atoms with Crippen LogP contribution in [-0.2, 0) is 14.3 Å². The first-order valence-corrected chi connectivity index (χ1v) is 10.6. The second-order valence-corrected chi connectivity index (χ2v) is 8.36. The van der Waals surface area contributed by atoms with Crippen molar-refractivity contribution in [2.75, 3.05) is 6.61 Å². The number of para-hydroxylation sites is 1. The van der Waals surface area contributed by atoms with Crippen LogP contribution in [0.2, 0.25) is 0 Å². The molecule has 2 aromatic carbocycles. The number of benzene rings is 2. The quantitative estimate of drug-likeness (QED) is 0.489. The Labute approximate surface area is 181 Å². The third kappa shape index (κ3) is 3.28. The first-order chi connectivity index (χ1) is 14.4. The predicted octanol–water partition coefficient (Wildman–Crippen LogP) is 2.80. The molecule has 8 heteroatoms. The molecule has 1 atom stereocenters. The molecule has 0 bridgehead atoms. The van der Waals surface area contributed by atoms with Crippen LogP contribution in [0.25, 0.3) is 5.57 Å². The van der Waals surface area contributed by atoms with Gasteiger partial charge in [-0.05, 0) is 37.2 Å². The maximum absolute atomic E-state index is 12.8. The topological polar surface area (TPSA) is 80.9 Å². The number of fused-ring (bicyclic) bond motifs is 1. The van der Waals surface area contributed by atoms with Crippen LogP contribution in [0.4, 0.5) is 0 Å². The van der Waals surface area contributed by atoms with Gasteiger partial charge in [0.05, 0.1) is 17.5 Å². The smallest absolute Gasteiger partial charge is 0.333 e. The van der Waals surface area contributed by atoms with Crippen molar-refractivity contribution in [2.45, 2.75) is 19.9 Å². The predicted molar refractivity (Wildman–Crippen MR) is 115 cm³/mol. The van der Waals surface area contributed by atoms with Gasteiger partial charge in [-0.3, -0.25) is 9.36 Å². The molecular formula is C22H18N2O4S2. The lowest BCUT2D eigenvalue weighted by Gasteiger charge is -2.18. The van der Waals surface area contributed by atoms with Crippen LogP contribution in [0.15, 0.2) is 53.5 Å². The van der Waals surface area contributed by atoms with E-state index in [2.05, 4.69) is 4.99 Å². The molecule has 1 aromatic heterocycles. The number of nitrogens with zero attached hydrogens (tertiary/aromatic N) is 2. The third-order valence-corrected chi connectivity index (χ3v) is 6.27. The van der Waals surface area contributed by atoms with Gasteiger partial charge < -0.3 is 9.84 Å². The highest BCUT2D eigenvalue weighted by molar-refractivity contribution is 7.73. The first-order valence-electron chi connectivity index (χ1n) is 9.33. The summed E-state index contributed by atoms with van der Waals surface area (Å²) in [6, 6.07) is 13.5. The fourth-order valence-electron chi connectivity index (χ4n) is 3.52. The molecule has 1 unspecified atom stereocenters. The number of carbonyl (C=O) groups excluding carboxylic acids is 2. The summed E-state index contributed by atoms with van der Waals surface area (Å²) >= 11 is 6.57. The van der Waals surface area contributed by atoms with Gasteiger partial charge in [0.1, 0.15) is 4.88 Å². The number of hydrogen-bond donors (Lipinski definition) is 1. The Balaban J connectivity index is 1.96. The van der Waals surface area contributed by atoms with Crippen LogP contribution in [0.5, 0.6) is 5.88 Å². The van der Waals surface area contributed by atoms with Gasteiger partial charge in [0.25, 0.3) is 5.91 Å². The first kappa shape index (κ1) is 20.2. The van der Waals surface area contributed by atoms with E-state index in [4.69, 9.17) is 17.0 Å². The van der Waals surface area contributed by atoms with Gasteiger partial charge in [0.2, 0.25) is 5.88 Å². The minimum atomic E-state index is -0.963. The molecule has 0 radical (unpaired) electrons. The van der Waals surface area contributed by atoms with Gasteiger partial charge >= 0.3 is 5.97 Å². The van der Waals surface area contributed by atoms with E-state index in [0.29, 0.717) is 21.0 Å². The minimum Gasteiger partial charge on any atom is -0.493 e. The van der Waals surface area contributed by atoms with E-state index < -0.39 is 17.9 Å². The summed E-state index contributed by atoms with van der Waals surface area (Å²) in [6.45, 7) is 3.78. The van der Waals surface area contributed by atoms with E-state index in [-0.39, 0.29) is 22.0 Å². The maximum Gasteiger partial charge on any atom is 0.333 e. The average Bonchev–Trinajstić information content (AvgIpc) is 3.20.